The number of hydrogen-bond acceptors (Lipinski definition) is 6. The Morgan fingerprint density at radius 3 is 2.64 bits per heavy atom. The largest absolute Gasteiger partial charge is 0.339 e. The van der Waals surface area contributed by atoms with Gasteiger partial charge in [0.05, 0.1) is 12.5 Å². The molecule has 2 heterocycles. The molecule has 0 spiro atoms. The van der Waals surface area contributed by atoms with Crippen LogP contribution >= 0.6 is 0 Å². The zero-order chi connectivity index (χ0) is 17.5. The number of rotatable bonds is 6. The Kier molecular flexibility index (Phi) is 5.12. The van der Waals surface area contributed by atoms with Crippen LogP contribution in [0.25, 0.3) is 11.4 Å². The van der Waals surface area contributed by atoms with Gasteiger partial charge in [-0.2, -0.15) is 10.2 Å². The molecule has 7 heteroatoms. The predicted molar refractivity (Wildman–Crippen MR) is 90.2 cm³/mol. The number of nitriles is 1. The standard InChI is InChI=1S/C18H15N5O2/c19-10-7-13-1-3-15(4-2-13)21-16(24)5-6-17-22-18(23-25-17)14-8-11-20-12-9-14/h1-4,8-9,11-12H,5-7H2,(H,21,24). The van der Waals surface area contributed by atoms with Crippen molar-refractivity contribution in [2.24, 2.45) is 0 Å². The molecule has 0 bridgehead atoms. The summed E-state index contributed by atoms with van der Waals surface area (Å²) in [4.78, 5) is 20.2. The number of nitrogens with one attached hydrogen (secondary N) is 1. The van der Waals surface area contributed by atoms with Crippen LogP contribution in [0, 0.1) is 11.3 Å². The number of anilines is 1. The maximum atomic E-state index is 12.0. The molecule has 2 aromatic heterocycles. The first kappa shape index (κ1) is 16.3. The fraction of sp³-hybridized carbons (Fsp3) is 0.167. The first-order chi connectivity index (χ1) is 12.2. The summed E-state index contributed by atoms with van der Waals surface area (Å²) >= 11 is 0. The van der Waals surface area contributed by atoms with E-state index < -0.39 is 0 Å². The van der Waals surface area contributed by atoms with E-state index in [-0.39, 0.29) is 12.3 Å². The molecule has 0 aliphatic rings. The van der Waals surface area contributed by atoms with Crippen molar-refractivity contribution in [1.29, 1.82) is 5.26 Å². The van der Waals surface area contributed by atoms with Crippen molar-refractivity contribution in [1.82, 2.24) is 15.1 Å². The lowest BCUT2D eigenvalue weighted by Crippen LogP contribution is -2.12. The van der Waals surface area contributed by atoms with E-state index in [1.165, 1.54) is 0 Å². The number of aromatic nitrogens is 3. The number of carbonyl (C=O) groups excluding carboxylic acids is 1. The number of nitrogens with zero attached hydrogens (tertiary/aromatic N) is 4. The van der Waals surface area contributed by atoms with Gasteiger partial charge in [0, 0.05) is 36.5 Å². The van der Waals surface area contributed by atoms with E-state index in [2.05, 4.69) is 26.5 Å². The lowest BCUT2D eigenvalue weighted by atomic mass is 10.1. The zero-order valence-corrected chi connectivity index (χ0v) is 13.3. The molecule has 25 heavy (non-hydrogen) atoms. The van der Waals surface area contributed by atoms with Gasteiger partial charge in [-0.1, -0.05) is 17.3 Å². The van der Waals surface area contributed by atoms with Crippen molar-refractivity contribution < 1.29 is 9.32 Å². The Hall–Kier alpha value is -3.53. The van der Waals surface area contributed by atoms with Crippen molar-refractivity contribution in [3.63, 3.8) is 0 Å². The molecule has 0 radical (unpaired) electrons. The van der Waals surface area contributed by atoms with Gasteiger partial charge >= 0.3 is 0 Å². The minimum Gasteiger partial charge on any atom is -0.339 e. The summed E-state index contributed by atoms with van der Waals surface area (Å²) in [7, 11) is 0. The van der Waals surface area contributed by atoms with Crippen molar-refractivity contribution in [3.8, 4) is 17.5 Å². The third-order valence-electron chi connectivity index (χ3n) is 3.49. The summed E-state index contributed by atoms with van der Waals surface area (Å²) in [6, 6.07) is 12.8. The van der Waals surface area contributed by atoms with Crippen molar-refractivity contribution in [2.45, 2.75) is 19.3 Å². The van der Waals surface area contributed by atoms with E-state index in [1.807, 2.05) is 12.1 Å². The fourth-order valence-electron chi connectivity index (χ4n) is 2.22. The van der Waals surface area contributed by atoms with Gasteiger partial charge in [0.15, 0.2) is 0 Å². The van der Waals surface area contributed by atoms with Gasteiger partial charge in [0.1, 0.15) is 0 Å². The maximum absolute atomic E-state index is 12.0. The molecule has 3 rings (SSSR count). The molecule has 0 saturated heterocycles. The summed E-state index contributed by atoms with van der Waals surface area (Å²) in [6.07, 6.45) is 4.25. The van der Waals surface area contributed by atoms with E-state index in [4.69, 9.17) is 9.78 Å². The van der Waals surface area contributed by atoms with Gasteiger partial charge in [-0.3, -0.25) is 9.78 Å². The molecule has 124 valence electrons. The highest BCUT2D eigenvalue weighted by Gasteiger charge is 2.10. The number of benzene rings is 1. The summed E-state index contributed by atoms with van der Waals surface area (Å²) in [5.41, 5.74) is 2.41. The van der Waals surface area contributed by atoms with Crippen LogP contribution in [-0.2, 0) is 17.6 Å². The summed E-state index contributed by atoms with van der Waals surface area (Å²) in [5.74, 6) is 0.744. The highest BCUT2D eigenvalue weighted by molar-refractivity contribution is 5.90. The maximum Gasteiger partial charge on any atom is 0.227 e. The molecular formula is C18H15N5O2. The molecule has 0 aliphatic carbocycles. The highest BCUT2D eigenvalue weighted by Crippen LogP contribution is 2.15. The van der Waals surface area contributed by atoms with Crippen LogP contribution in [0.2, 0.25) is 0 Å². The lowest BCUT2D eigenvalue weighted by Gasteiger charge is -2.04. The SMILES string of the molecule is N#CCc1ccc(NC(=O)CCc2nc(-c3ccncc3)no2)cc1. The summed E-state index contributed by atoms with van der Waals surface area (Å²) in [6.45, 7) is 0. The molecular weight excluding hydrogens is 318 g/mol. The first-order valence-corrected chi connectivity index (χ1v) is 7.73. The molecule has 1 amide bonds. The monoisotopic (exact) mass is 333 g/mol. The summed E-state index contributed by atoms with van der Waals surface area (Å²) in [5, 5.41) is 15.3. The normalized spacial score (nSPS) is 10.2. The number of amides is 1. The second-order valence-electron chi connectivity index (χ2n) is 5.33. The Balaban J connectivity index is 1.52. The molecule has 3 aromatic rings. The van der Waals surface area contributed by atoms with Crippen LogP contribution < -0.4 is 5.32 Å². The van der Waals surface area contributed by atoms with Gasteiger partial charge in [0.2, 0.25) is 17.6 Å². The molecule has 0 saturated carbocycles. The van der Waals surface area contributed by atoms with Gasteiger partial charge in [0.25, 0.3) is 0 Å². The minimum absolute atomic E-state index is 0.142. The molecule has 1 N–H and O–H groups in total. The molecule has 7 nitrogen and oxygen atoms in total. The van der Waals surface area contributed by atoms with E-state index in [0.29, 0.717) is 30.2 Å². The number of carbonyl (C=O) groups is 1. The molecule has 0 unspecified atom stereocenters. The van der Waals surface area contributed by atoms with Gasteiger partial charge < -0.3 is 9.84 Å². The van der Waals surface area contributed by atoms with Gasteiger partial charge in [-0.05, 0) is 29.8 Å². The van der Waals surface area contributed by atoms with Crippen LogP contribution in [0.4, 0.5) is 5.69 Å². The number of pyridine rings is 1. The Morgan fingerprint density at radius 1 is 1.16 bits per heavy atom. The number of aryl methyl sites for hydroxylation is 1. The van der Waals surface area contributed by atoms with Crippen molar-refractivity contribution in [2.75, 3.05) is 5.32 Å². The van der Waals surface area contributed by atoms with E-state index in [9.17, 15) is 4.79 Å². The molecule has 1 aromatic carbocycles. The Labute approximate surface area is 144 Å². The van der Waals surface area contributed by atoms with Crippen LogP contribution in [0.15, 0.2) is 53.3 Å². The van der Waals surface area contributed by atoms with Crippen molar-refractivity contribution in [3.05, 3.63) is 60.2 Å². The van der Waals surface area contributed by atoms with Gasteiger partial charge in [-0.25, -0.2) is 0 Å². The first-order valence-electron chi connectivity index (χ1n) is 7.73. The smallest absolute Gasteiger partial charge is 0.227 e. The van der Waals surface area contributed by atoms with Gasteiger partial charge in [-0.15, -0.1) is 0 Å². The zero-order valence-electron chi connectivity index (χ0n) is 13.3. The highest BCUT2D eigenvalue weighted by atomic mass is 16.5. The number of hydrogen-bond donors (Lipinski definition) is 1. The van der Waals surface area contributed by atoms with Crippen LogP contribution in [0.5, 0.6) is 0 Å². The predicted octanol–water partition coefficient (Wildman–Crippen LogP) is 2.77. The molecule has 0 aliphatic heterocycles. The average Bonchev–Trinajstić information content (AvgIpc) is 3.12. The van der Waals surface area contributed by atoms with E-state index in [0.717, 1.165) is 11.1 Å². The lowest BCUT2D eigenvalue weighted by molar-refractivity contribution is -0.116. The minimum atomic E-state index is -0.142. The van der Waals surface area contributed by atoms with Crippen LogP contribution in [0.1, 0.15) is 17.9 Å². The average molecular weight is 333 g/mol. The second-order valence-corrected chi connectivity index (χ2v) is 5.33. The second kappa shape index (κ2) is 7.84. The topological polar surface area (TPSA) is 105 Å². The Bertz CT molecular complexity index is 882. The third-order valence-corrected chi connectivity index (χ3v) is 3.49. The third kappa shape index (κ3) is 4.48. The summed E-state index contributed by atoms with van der Waals surface area (Å²) < 4.78 is 5.17. The fourth-order valence-corrected chi connectivity index (χ4v) is 2.22. The van der Waals surface area contributed by atoms with Crippen LogP contribution in [0.3, 0.4) is 0 Å². The van der Waals surface area contributed by atoms with E-state index in [1.54, 1.807) is 36.7 Å². The molecule has 0 fully saturated rings. The van der Waals surface area contributed by atoms with Crippen molar-refractivity contribution >= 4 is 11.6 Å². The Morgan fingerprint density at radius 2 is 1.92 bits per heavy atom. The van der Waals surface area contributed by atoms with E-state index >= 15 is 0 Å². The van der Waals surface area contributed by atoms with Crippen LogP contribution in [-0.4, -0.2) is 21.0 Å². The molecule has 0 atom stereocenters. The quantitative estimate of drug-likeness (QED) is 0.743.